The van der Waals surface area contributed by atoms with E-state index in [1.54, 1.807) is 7.05 Å². The second kappa shape index (κ2) is 5.18. The summed E-state index contributed by atoms with van der Waals surface area (Å²) in [5.74, 6) is 1.31. The first kappa shape index (κ1) is 13.8. The fraction of sp³-hybridized carbons (Fsp3) is 0.636. The third kappa shape index (κ3) is 3.46. The molecule has 1 aliphatic carbocycles. The van der Waals surface area contributed by atoms with E-state index in [0.717, 1.165) is 22.1 Å². The molecule has 1 aromatic rings. The van der Waals surface area contributed by atoms with Crippen LogP contribution in [0.2, 0.25) is 0 Å². The van der Waals surface area contributed by atoms with Gasteiger partial charge < -0.3 is 5.32 Å². The highest BCUT2D eigenvalue weighted by Crippen LogP contribution is 2.42. The summed E-state index contributed by atoms with van der Waals surface area (Å²) >= 11 is 2.15. The van der Waals surface area contributed by atoms with E-state index in [9.17, 15) is 13.2 Å². The quantitative estimate of drug-likeness (QED) is 0.824. The van der Waals surface area contributed by atoms with Crippen LogP contribution >= 0.6 is 22.6 Å². The highest BCUT2D eigenvalue weighted by atomic mass is 127. The molecule has 3 nitrogen and oxygen atoms in total. The Kier molecular flexibility index (Phi) is 3.98. The Hall–Kier alpha value is -0.600. The lowest BCUT2D eigenvalue weighted by Crippen LogP contribution is -2.12. The van der Waals surface area contributed by atoms with Gasteiger partial charge in [0.25, 0.3) is 0 Å². The van der Waals surface area contributed by atoms with E-state index in [2.05, 4.69) is 37.9 Å². The first-order valence-electron chi connectivity index (χ1n) is 5.71. The largest absolute Gasteiger partial charge is 0.389 e. The number of halogens is 4. The van der Waals surface area contributed by atoms with Gasteiger partial charge in [-0.3, -0.25) is 0 Å². The van der Waals surface area contributed by atoms with Gasteiger partial charge in [0.1, 0.15) is 11.6 Å². The lowest BCUT2D eigenvalue weighted by Gasteiger charge is -2.11. The predicted octanol–water partition coefficient (Wildman–Crippen LogP) is 3.50. The Morgan fingerprint density at radius 3 is 2.50 bits per heavy atom. The number of nitrogens with one attached hydrogen (secondary N) is 1. The summed E-state index contributed by atoms with van der Waals surface area (Å²) < 4.78 is 37.5. The van der Waals surface area contributed by atoms with Crippen LogP contribution in [0.5, 0.6) is 0 Å². The Labute approximate surface area is 117 Å². The number of anilines is 1. The van der Waals surface area contributed by atoms with Gasteiger partial charge in [0, 0.05) is 19.4 Å². The molecule has 2 rings (SSSR count). The molecule has 0 spiro atoms. The van der Waals surface area contributed by atoms with Gasteiger partial charge in [0.15, 0.2) is 0 Å². The van der Waals surface area contributed by atoms with Gasteiger partial charge >= 0.3 is 6.18 Å². The molecule has 0 atom stereocenters. The van der Waals surface area contributed by atoms with Gasteiger partial charge in [0.2, 0.25) is 0 Å². The maximum absolute atomic E-state index is 12.2. The number of hydrogen-bond donors (Lipinski definition) is 1. The van der Waals surface area contributed by atoms with E-state index in [-0.39, 0.29) is 12.2 Å². The third-order valence-electron chi connectivity index (χ3n) is 2.76. The smallest absolute Gasteiger partial charge is 0.372 e. The third-order valence-corrected chi connectivity index (χ3v) is 3.82. The molecule has 1 aromatic heterocycles. The molecule has 1 saturated carbocycles. The van der Waals surface area contributed by atoms with Crippen molar-refractivity contribution >= 4 is 28.4 Å². The number of hydrogen-bond acceptors (Lipinski definition) is 3. The van der Waals surface area contributed by atoms with Crippen LogP contribution in [0.1, 0.15) is 36.7 Å². The van der Waals surface area contributed by atoms with Crippen molar-refractivity contribution in [1.82, 2.24) is 9.97 Å². The molecule has 0 amide bonds. The molecule has 0 radical (unpaired) electrons. The van der Waals surface area contributed by atoms with Crippen molar-refractivity contribution in [2.45, 2.75) is 37.8 Å². The van der Waals surface area contributed by atoms with Gasteiger partial charge in [-0.25, -0.2) is 9.97 Å². The van der Waals surface area contributed by atoms with Gasteiger partial charge in [-0.15, -0.1) is 0 Å². The monoisotopic (exact) mass is 371 g/mol. The van der Waals surface area contributed by atoms with Crippen molar-refractivity contribution < 1.29 is 13.2 Å². The van der Waals surface area contributed by atoms with E-state index >= 15 is 0 Å². The standard InChI is InChI=1S/C11H13F3IN3/c1-16-10-8(15)9(6-2-3-6)17-7(18-10)4-5-11(12,13)14/h6H,2-5H2,1H3,(H,16,17,18). The van der Waals surface area contributed by atoms with Crippen LogP contribution in [-0.4, -0.2) is 23.2 Å². The summed E-state index contributed by atoms with van der Waals surface area (Å²) in [7, 11) is 1.72. The van der Waals surface area contributed by atoms with Crippen LogP contribution in [-0.2, 0) is 6.42 Å². The van der Waals surface area contributed by atoms with Crippen LogP contribution < -0.4 is 5.32 Å². The summed E-state index contributed by atoms with van der Waals surface area (Å²) in [4.78, 5) is 8.42. The molecular weight excluding hydrogens is 358 g/mol. The Morgan fingerprint density at radius 1 is 1.33 bits per heavy atom. The Bertz CT molecular complexity index is 444. The minimum Gasteiger partial charge on any atom is -0.372 e. The number of aromatic nitrogens is 2. The molecule has 0 bridgehead atoms. The van der Waals surface area contributed by atoms with Crippen molar-refractivity contribution in [2.24, 2.45) is 0 Å². The number of rotatable bonds is 4. The van der Waals surface area contributed by atoms with Crippen molar-refractivity contribution in [3.8, 4) is 0 Å². The summed E-state index contributed by atoms with van der Waals surface area (Å²) in [6.45, 7) is 0. The topological polar surface area (TPSA) is 37.8 Å². The van der Waals surface area contributed by atoms with Gasteiger partial charge in [-0.2, -0.15) is 13.2 Å². The average molecular weight is 371 g/mol. The van der Waals surface area contributed by atoms with Crippen LogP contribution in [0.3, 0.4) is 0 Å². The number of aryl methyl sites for hydroxylation is 1. The minimum absolute atomic E-state index is 0.158. The Morgan fingerprint density at radius 2 is 2.00 bits per heavy atom. The number of nitrogens with zero attached hydrogens (tertiary/aromatic N) is 2. The molecule has 1 heterocycles. The molecule has 0 unspecified atom stereocenters. The van der Waals surface area contributed by atoms with E-state index in [4.69, 9.17) is 0 Å². The first-order chi connectivity index (χ1) is 8.40. The molecule has 18 heavy (non-hydrogen) atoms. The van der Waals surface area contributed by atoms with Crippen LogP contribution in [0.4, 0.5) is 19.0 Å². The molecule has 1 fully saturated rings. The normalized spacial score (nSPS) is 15.8. The zero-order valence-corrected chi connectivity index (χ0v) is 12.0. The van der Waals surface area contributed by atoms with Crippen LogP contribution in [0, 0.1) is 3.57 Å². The van der Waals surface area contributed by atoms with Crippen molar-refractivity contribution in [3.63, 3.8) is 0 Å². The fourth-order valence-electron chi connectivity index (χ4n) is 1.67. The van der Waals surface area contributed by atoms with Crippen molar-refractivity contribution in [3.05, 3.63) is 15.1 Å². The summed E-state index contributed by atoms with van der Waals surface area (Å²) in [6.07, 6.45) is -3.06. The second-order valence-electron chi connectivity index (χ2n) is 4.33. The maximum Gasteiger partial charge on any atom is 0.389 e. The van der Waals surface area contributed by atoms with E-state index in [0.29, 0.717) is 11.7 Å². The highest BCUT2D eigenvalue weighted by molar-refractivity contribution is 14.1. The molecule has 100 valence electrons. The van der Waals surface area contributed by atoms with Crippen LogP contribution in [0.15, 0.2) is 0 Å². The molecule has 0 saturated heterocycles. The molecular formula is C11H13F3IN3. The number of alkyl halides is 3. The summed E-state index contributed by atoms with van der Waals surface area (Å²) in [5, 5.41) is 2.92. The zero-order chi connectivity index (χ0) is 13.3. The second-order valence-corrected chi connectivity index (χ2v) is 5.41. The molecule has 0 aromatic carbocycles. The summed E-state index contributed by atoms with van der Waals surface area (Å²) in [6, 6.07) is 0. The predicted molar refractivity (Wildman–Crippen MR) is 70.6 cm³/mol. The van der Waals surface area contributed by atoms with Crippen LogP contribution in [0.25, 0.3) is 0 Å². The van der Waals surface area contributed by atoms with E-state index in [1.165, 1.54) is 0 Å². The minimum atomic E-state index is -4.16. The van der Waals surface area contributed by atoms with Crippen molar-refractivity contribution in [1.29, 1.82) is 0 Å². The van der Waals surface area contributed by atoms with E-state index in [1.807, 2.05) is 0 Å². The molecule has 0 aliphatic heterocycles. The van der Waals surface area contributed by atoms with Crippen molar-refractivity contribution in [2.75, 3.05) is 12.4 Å². The lowest BCUT2D eigenvalue weighted by molar-refractivity contribution is -0.134. The Balaban J connectivity index is 2.22. The molecule has 1 aliphatic rings. The van der Waals surface area contributed by atoms with Gasteiger partial charge in [0.05, 0.1) is 15.7 Å². The highest BCUT2D eigenvalue weighted by Gasteiger charge is 2.31. The molecule has 1 N–H and O–H groups in total. The summed E-state index contributed by atoms with van der Waals surface area (Å²) in [5.41, 5.74) is 0.895. The zero-order valence-electron chi connectivity index (χ0n) is 9.81. The SMILES string of the molecule is CNc1nc(CCC(F)(F)F)nc(C2CC2)c1I. The molecule has 7 heteroatoms. The average Bonchev–Trinajstić information content (AvgIpc) is 3.10. The van der Waals surface area contributed by atoms with E-state index < -0.39 is 12.6 Å². The maximum atomic E-state index is 12.2. The first-order valence-corrected chi connectivity index (χ1v) is 6.79. The van der Waals surface area contributed by atoms with Gasteiger partial charge in [-0.05, 0) is 35.4 Å². The lowest BCUT2D eigenvalue weighted by atomic mass is 10.2. The fourth-order valence-corrected chi connectivity index (χ4v) is 2.62. The van der Waals surface area contributed by atoms with Gasteiger partial charge in [-0.1, -0.05) is 0 Å².